The van der Waals surface area contributed by atoms with Crippen LogP contribution >= 0.6 is 0 Å². The maximum atomic E-state index is 15.3. The minimum Gasteiger partial charge on any atom is -0.409 e. The smallest absolute Gasteiger partial charge is 0.163 e. The number of oxime groups is 1. The average Bonchev–Trinajstić information content (AvgIpc) is 2.82. The third-order valence-corrected chi connectivity index (χ3v) is 9.79. The van der Waals surface area contributed by atoms with Gasteiger partial charge in [-0.25, -0.2) is 12.8 Å². The average molecular weight is 476 g/mol. The van der Waals surface area contributed by atoms with E-state index < -0.39 is 31.6 Å². The molecule has 178 valence electrons. The van der Waals surface area contributed by atoms with Crippen LogP contribution in [0.25, 0.3) is 0 Å². The molecule has 0 spiro atoms. The molecule has 0 aliphatic carbocycles. The Balaban J connectivity index is 1.63. The van der Waals surface area contributed by atoms with Gasteiger partial charge < -0.3 is 21.0 Å². The number of hydrogen-bond acceptors (Lipinski definition) is 6. The summed E-state index contributed by atoms with van der Waals surface area (Å²) in [5, 5.41) is 14.4. The number of nitrogens with two attached hydrogens (primary N) is 1. The number of nitrogens with one attached hydrogen (secondary N) is 1. The zero-order valence-corrected chi connectivity index (χ0v) is 19.4. The Hall–Kier alpha value is -2.49. The Bertz CT molecular complexity index is 1120. The van der Waals surface area contributed by atoms with Crippen molar-refractivity contribution in [1.29, 1.82) is 0 Å². The summed E-state index contributed by atoms with van der Waals surface area (Å²) in [5.41, 5.74) is 6.87. The molecule has 2 aromatic carbocycles. The predicted molar refractivity (Wildman–Crippen MR) is 125 cm³/mol. The highest BCUT2D eigenvalue weighted by atomic mass is 32.2. The van der Waals surface area contributed by atoms with Crippen LogP contribution in [0, 0.1) is 5.82 Å². The van der Waals surface area contributed by atoms with Crippen molar-refractivity contribution in [3.8, 4) is 0 Å². The van der Waals surface area contributed by atoms with Crippen LogP contribution in [0.2, 0.25) is 0 Å². The van der Waals surface area contributed by atoms with Crippen molar-refractivity contribution in [2.24, 2.45) is 10.9 Å². The molecule has 4 rings (SSSR count). The lowest BCUT2D eigenvalue weighted by Gasteiger charge is -2.37. The van der Waals surface area contributed by atoms with Crippen LogP contribution in [-0.2, 0) is 26.4 Å². The fourth-order valence-corrected chi connectivity index (χ4v) is 7.40. The number of rotatable bonds is 5. The van der Waals surface area contributed by atoms with Gasteiger partial charge in [0.1, 0.15) is 11.7 Å². The molecular weight excluding hydrogens is 445 g/mol. The molecule has 2 aliphatic heterocycles. The van der Waals surface area contributed by atoms with Gasteiger partial charge in [0.2, 0.25) is 0 Å². The molecule has 2 saturated heterocycles. The van der Waals surface area contributed by atoms with Crippen LogP contribution in [0.4, 0.5) is 4.39 Å². The fourth-order valence-electron chi connectivity index (χ4n) is 5.04. The molecule has 9 heteroatoms. The SMILES string of the molecule is C[C@@H]1NC[C@@H](c2ccccc2)S(=O)(=O)C1Cc1ccc(C2(C(N)=NO)CCOCC2)cc1F. The topological polar surface area (TPSA) is 114 Å². The first kappa shape index (κ1) is 23.7. The molecule has 2 aliphatic rings. The zero-order valence-electron chi connectivity index (χ0n) is 18.6. The van der Waals surface area contributed by atoms with E-state index in [4.69, 9.17) is 10.5 Å². The van der Waals surface area contributed by atoms with E-state index in [0.29, 0.717) is 43.7 Å². The quantitative estimate of drug-likeness (QED) is 0.265. The Morgan fingerprint density at radius 2 is 1.94 bits per heavy atom. The number of amidine groups is 1. The number of nitrogens with zero attached hydrogens (tertiary/aromatic N) is 1. The van der Waals surface area contributed by atoms with Crippen LogP contribution in [0.15, 0.2) is 53.7 Å². The van der Waals surface area contributed by atoms with E-state index in [1.54, 1.807) is 12.1 Å². The molecule has 2 aromatic rings. The van der Waals surface area contributed by atoms with Crippen molar-refractivity contribution < 1.29 is 22.8 Å². The molecule has 2 fully saturated rings. The number of benzene rings is 2. The molecule has 1 unspecified atom stereocenters. The maximum absolute atomic E-state index is 15.3. The second-order valence-electron chi connectivity index (χ2n) is 8.91. The summed E-state index contributed by atoms with van der Waals surface area (Å²) < 4.78 is 47.7. The normalized spacial score (nSPS) is 27.2. The third-order valence-electron chi connectivity index (χ3n) is 7.14. The number of ether oxygens (including phenoxy) is 1. The molecule has 0 amide bonds. The Labute approximate surface area is 193 Å². The first-order chi connectivity index (χ1) is 15.8. The largest absolute Gasteiger partial charge is 0.409 e. The molecule has 4 N–H and O–H groups in total. The highest BCUT2D eigenvalue weighted by Crippen LogP contribution is 2.37. The molecule has 2 heterocycles. The van der Waals surface area contributed by atoms with Crippen molar-refractivity contribution in [3.05, 3.63) is 71.0 Å². The molecule has 0 radical (unpaired) electrons. The first-order valence-electron chi connectivity index (χ1n) is 11.2. The second kappa shape index (κ2) is 9.40. The van der Waals surface area contributed by atoms with Gasteiger partial charge in [0.15, 0.2) is 9.84 Å². The Morgan fingerprint density at radius 1 is 1.24 bits per heavy atom. The van der Waals surface area contributed by atoms with Crippen molar-refractivity contribution in [2.45, 2.75) is 48.1 Å². The van der Waals surface area contributed by atoms with Crippen LogP contribution in [0.1, 0.15) is 41.7 Å². The molecule has 33 heavy (non-hydrogen) atoms. The Kier molecular flexibility index (Phi) is 6.74. The monoisotopic (exact) mass is 475 g/mol. The lowest BCUT2D eigenvalue weighted by molar-refractivity contribution is 0.0694. The summed E-state index contributed by atoms with van der Waals surface area (Å²) in [7, 11) is -3.56. The third kappa shape index (κ3) is 4.37. The van der Waals surface area contributed by atoms with Crippen LogP contribution in [-0.4, -0.2) is 50.5 Å². The molecule has 0 bridgehead atoms. The van der Waals surface area contributed by atoms with Crippen molar-refractivity contribution in [1.82, 2.24) is 5.32 Å². The van der Waals surface area contributed by atoms with Gasteiger partial charge in [0.25, 0.3) is 0 Å². The summed E-state index contributed by atoms with van der Waals surface area (Å²) in [4.78, 5) is 0. The van der Waals surface area contributed by atoms with Gasteiger partial charge in [-0.2, -0.15) is 0 Å². The summed E-state index contributed by atoms with van der Waals surface area (Å²) in [6.45, 7) is 2.99. The van der Waals surface area contributed by atoms with Gasteiger partial charge in [-0.3, -0.25) is 0 Å². The summed E-state index contributed by atoms with van der Waals surface area (Å²) in [5.74, 6) is -0.468. The molecule has 0 aromatic heterocycles. The van der Waals surface area contributed by atoms with Gasteiger partial charge in [-0.1, -0.05) is 47.6 Å². The van der Waals surface area contributed by atoms with Gasteiger partial charge in [-0.05, 0) is 48.9 Å². The van der Waals surface area contributed by atoms with Crippen molar-refractivity contribution >= 4 is 15.7 Å². The van der Waals surface area contributed by atoms with Crippen molar-refractivity contribution in [3.63, 3.8) is 0 Å². The first-order valence-corrected chi connectivity index (χ1v) is 12.8. The highest BCUT2D eigenvalue weighted by molar-refractivity contribution is 7.92. The van der Waals surface area contributed by atoms with Crippen LogP contribution in [0.3, 0.4) is 0 Å². The number of sulfone groups is 1. The van der Waals surface area contributed by atoms with Gasteiger partial charge in [0.05, 0.1) is 15.9 Å². The van der Waals surface area contributed by atoms with Crippen molar-refractivity contribution in [2.75, 3.05) is 19.8 Å². The van der Waals surface area contributed by atoms with E-state index in [1.807, 2.05) is 37.3 Å². The van der Waals surface area contributed by atoms with E-state index in [9.17, 15) is 13.6 Å². The van der Waals surface area contributed by atoms with E-state index in [1.165, 1.54) is 6.07 Å². The van der Waals surface area contributed by atoms with E-state index in [-0.39, 0.29) is 18.3 Å². The minimum atomic E-state index is -3.56. The second-order valence-corrected chi connectivity index (χ2v) is 11.3. The van der Waals surface area contributed by atoms with Crippen LogP contribution in [0.5, 0.6) is 0 Å². The Morgan fingerprint density at radius 3 is 2.58 bits per heavy atom. The lowest BCUT2D eigenvalue weighted by atomic mass is 9.73. The van der Waals surface area contributed by atoms with Gasteiger partial charge in [-0.15, -0.1) is 0 Å². The minimum absolute atomic E-state index is 0.0244. The molecule has 3 atom stereocenters. The van der Waals surface area contributed by atoms with E-state index in [2.05, 4.69) is 10.5 Å². The van der Waals surface area contributed by atoms with E-state index >= 15 is 4.39 Å². The summed E-state index contributed by atoms with van der Waals surface area (Å²) >= 11 is 0. The predicted octanol–water partition coefficient (Wildman–Crippen LogP) is 2.68. The molecule has 7 nitrogen and oxygen atoms in total. The fraction of sp³-hybridized carbons (Fsp3) is 0.458. The number of hydrogen-bond donors (Lipinski definition) is 3. The number of halogens is 1. The molecular formula is C24H30FN3O4S. The zero-order chi connectivity index (χ0) is 23.6. The van der Waals surface area contributed by atoms with Gasteiger partial charge in [0, 0.05) is 25.8 Å². The maximum Gasteiger partial charge on any atom is 0.163 e. The summed E-state index contributed by atoms with van der Waals surface area (Å²) in [6.07, 6.45) is 1.00. The standard InChI is InChI=1S/C24H30FN3O4S/c1-16-21(33(30,31)22(15-27-16)17-5-3-2-4-6-17)13-18-7-8-19(14-20(18)25)24(23(26)28-29)9-11-32-12-10-24/h2-8,14,16,21-22,27,29H,9-13,15H2,1H3,(H2,26,28)/t16-,21?,22-/m0/s1. The van der Waals surface area contributed by atoms with E-state index in [0.717, 1.165) is 5.56 Å². The van der Waals surface area contributed by atoms with Crippen LogP contribution < -0.4 is 11.1 Å². The highest BCUT2D eigenvalue weighted by Gasteiger charge is 2.43. The summed E-state index contributed by atoms with van der Waals surface area (Å²) in [6, 6.07) is 13.6. The molecule has 0 saturated carbocycles. The lowest BCUT2D eigenvalue weighted by Crippen LogP contribution is -2.53. The van der Waals surface area contributed by atoms with Gasteiger partial charge >= 0.3 is 0 Å².